The van der Waals surface area contributed by atoms with Crippen LogP contribution in [0.4, 0.5) is 9.59 Å². The summed E-state index contributed by atoms with van der Waals surface area (Å²) >= 11 is 0.940. The molecule has 3 heterocycles. The monoisotopic (exact) mass is 399 g/mol. The first kappa shape index (κ1) is 19.2. The van der Waals surface area contributed by atoms with Gasteiger partial charge in [-0.15, -0.1) is 11.8 Å². The van der Waals surface area contributed by atoms with Crippen molar-refractivity contribution in [1.29, 1.82) is 0 Å². The summed E-state index contributed by atoms with van der Waals surface area (Å²) < 4.78 is 9.44. The first-order chi connectivity index (χ1) is 12.7. The molecule has 2 bridgehead atoms. The molecule has 2 saturated heterocycles. The lowest BCUT2D eigenvalue weighted by atomic mass is 9.81. The zero-order valence-corrected chi connectivity index (χ0v) is 14.8. The molecule has 3 atom stereocenters. The summed E-state index contributed by atoms with van der Waals surface area (Å²) in [6.45, 7) is -0.538. The number of hydrogen-bond donors (Lipinski definition) is 3. The van der Waals surface area contributed by atoms with Crippen molar-refractivity contribution in [2.75, 3.05) is 6.61 Å². The highest BCUT2D eigenvalue weighted by atomic mass is 32.2. The van der Waals surface area contributed by atoms with E-state index < -0.39 is 52.6 Å². The molecule has 0 spiro atoms. The summed E-state index contributed by atoms with van der Waals surface area (Å²) in [6.07, 6.45) is -1.91. The van der Waals surface area contributed by atoms with E-state index in [-0.39, 0.29) is 24.2 Å². The van der Waals surface area contributed by atoms with E-state index in [9.17, 15) is 24.0 Å². The lowest BCUT2D eigenvalue weighted by Gasteiger charge is -2.55. The normalized spacial score (nSPS) is 30.6. The number of hydrogen-bond acceptors (Lipinski definition) is 9. The zero-order valence-electron chi connectivity index (χ0n) is 14.0. The van der Waals surface area contributed by atoms with Gasteiger partial charge in [-0.3, -0.25) is 19.3 Å². The second-order valence-corrected chi connectivity index (χ2v) is 7.51. The Balaban J connectivity index is 2.11. The average molecular weight is 399 g/mol. The lowest BCUT2D eigenvalue weighted by Crippen LogP contribution is -2.81. The Hall–Kier alpha value is -2.60. The molecule has 2 amide bonds. The number of primary amides is 1. The van der Waals surface area contributed by atoms with Crippen LogP contribution in [0.15, 0.2) is 11.5 Å². The molecule has 0 saturated carbocycles. The summed E-state index contributed by atoms with van der Waals surface area (Å²) in [5.41, 5.74) is 9.15. The number of nitrogens with two attached hydrogens (primary N) is 2. The van der Waals surface area contributed by atoms with Crippen molar-refractivity contribution in [2.24, 2.45) is 11.5 Å². The Bertz CT molecular complexity index is 781. The lowest BCUT2D eigenvalue weighted by molar-refractivity contribution is -0.159. The number of amides is 2. The van der Waals surface area contributed by atoms with Crippen LogP contribution >= 0.6 is 11.8 Å². The first-order valence-corrected chi connectivity index (χ1v) is 9.02. The fourth-order valence-electron chi connectivity index (χ4n) is 3.33. The van der Waals surface area contributed by atoms with Gasteiger partial charge in [0.05, 0.1) is 5.25 Å². The number of ketones is 2. The number of carboxylic acid groups (broad SMARTS) is 1. The largest absolute Gasteiger partial charge is 0.512 e. The number of β-lactam (4-membered cyclic amide) rings is 1. The minimum absolute atomic E-state index is 0.0223. The van der Waals surface area contributed by atoms with Crippen LogP contribution in [0.25, 0.3) is 0 Å². The van der Waals surface area contributed by atoms with E-state index in [1.165, 1.54) is 0 Å². The number of rotatable bonds is 3. The van der Waals surface area contributed by atoms with Crippen molar-refractivity contribution >= 4 is 41.5 Å². The number of fused-ring (bicyclic) bond motifs is 1. The SMILES string of the molecule is NC(=O)OCC1=C(OC(=O)O)N2C(=O)C3(N)C(=O)CCCCC(=O)C1S[C@H]23. The Morgan fingerprint density at radius 2 is 1.93 bits per heavy atom. The van der Waals surface area contributed by atoms with Gasteiger partial charge in [0, 0.05) is 18.4 Å². The van der Waals surface area contributed by atoms with Crippen molar-refractivity contribution in [3.05, 3.63) is 11.5 Å². The molecule has 146 valence electrons. The van der Waals surface area contributed by atoms with Crippen LogP contribution in [0.3, 0.4) is 0 Å². The van der Waals surface area contributed by atoms with Crippen LogP contribution in [0.2, 0.25) is 0 Å². The third-order valence-corrected chi connectivity index (χ3v) is 6.32. The molecule has 0 aromatic heterocycles. The van der Waals surface area contributed by atoms with E-state index in [4.69, 9.17) is 26.0 Å². The highest BCUT2D eigenvalue weighted by Gasteiger charge is 2.68. The maximum Gasteiger partial charge on any atom is 0.512 e. The molecule has 0 aliphatic carbocycles. The number of carbonyl (C=O) groups is 5. The third-order valence-electron chi connectivity index (χ3n) is 4.66. The molecule has 3 rings (SSSR count). The minimum atomic E-state index is -1.86. The van der Waals surface area contributed by atoms with Crippen molar-refractivity contribution in [1.82, 2.24) is 4.90 Å². The minimum Gasteiger partial charge on any atom is -0.449 e. The quantitative estimate of drug-likeness (QED) is 0.323. The number of thioether (sulfide) groups is 1. The fourth-order valence-corrected chi connectivity index (χ4v) is 4.95. The zero-order chi connectivity index (χ0) is 19.9. The van der Waals surface area contributed by atoms with Gasteiger partial charge in [0.1, 0.15) is 17.8 Å². The Morgan fingerprint density at radius 1 is 1.26 bits per heavy atom. The van der Waals surface area contributed by atoms with Crippen LogP contribution < -0.4 is 11.5 Å². The van der Waals surface area contributed by atoms with Gasteiger partial charge in [-0.2, -0.15) is 0 Å². The summed E-state index contributed by atoms with van der Waals surface area (Å²) in [5, 5.41) is 7.06. The highest BCUT2D eigenvalue weighted by Crippen LogP contribution is 2.50. The Labute approximate surface area is 157 Å². The van der Waals surface area contributed by atoms with E-state index in [2.05, 4.69) is 0 Å². The van der Waals surface area contributed by atoms with Crippen molar-refractivity contribution < 1.29 is 38.6 Å². The third kappa shape index (κ3) is 3.04. The predicted octanol–water partition coefficient (Wildman–Crippen LogP) is -0.319. The molecule has 3 aliphatic rings. The standard InChI is InChI=1S/C15H17N3O8S/c16-13(22)25-5-6-9-7(19)3-1-2-4-8(20)15(17)11(21)18(12(15)27-9)10(6)26-14(23)24/h9,12H,1-5,17H2,(H2,16,22)(H,23,24)/t9?,12-,15?/m0/s1. The van der Waals surface area contributed by atoms with Gasteiger partial charge in [0.25, 0.3) is 5.91 Å². The molecule has 0 radical (unpaired) electrons. The molecule has 0 aromatic rings. The molecule has 2 fully saturated rings. The van der Waals surface area contributed by atoms with E-state index in [0.717, 1.165) is 16.7 Å². The molecular formula is C15H17N3O8S. The summed E-state index contributed by atoms with van der Waals surface area (Å²) in [7, 11) is 0. The summed E-state index contributed by atoms with van der Waals surface area (Å²) in [6, 6.07) is 0. The molecular weight excluding hydrogens is 382 g/mol. The van der Waals surface area contributed by atoms with Gasteiger partial charge < -0.3 is 26.0 Å². The molecule has 5 N–H and O–H groups in total. The van der Waals surface area contributed by atoms with E-state index in [0.29, 0.717) is 12.8 Å². The van der Waals surface area contributed by atoms with Crippen LogP contribution in [-0.2, 0) is 23.9 Å². The molecule has 0 aromatic carbocycles. The maximum atomic E-state index is 12.7. The summed E-state index contributed by atoms with van der Waals surface area (Å²) in [5.74, 6) is -2.04. The second-order valence-electron chi connectivity index (χ2n) is 6.32. The van der Waals surface area contributed by atoms with Gasteiger partial charge in [-0.05, 0) is 12.8 Å². The number of nitrogens with zero attached hydrogens (tertiary/aromatic N) is 1. The Kier molecular flexibility index (Phi) is 4.86. The van der Waals surface area contributed by atoms with Crippen LogP contribution in [0, 0.1) is 0 Å². The van der Waals surface area contributed by atoms with Crippen molar-refractivity contribution in [3.63, 3.8) is 0 Å². The van der Waals surface area contributed by atoms with Gasteiger partial charge in [0.15, 0.2) is 11.3 Å². The van der Waals surface area contributed by atoms with Crippen LogP contribution in [0.1, 0.15) is 25.7 Å². The van der Waals surface area contributed by atoms with Crippen LogP contribution in [0.5, 0.6) is 0 Å². The van der Waals surface area contributed by atoms with E-state index in [1.807, 2.05) is 0 Å². The van der Waals surface area contributed by atoms with Crippen LogP contribution in [-0.4, -0.2) is 62.5 Å². The van der Waals surface area contributed by atoms with Gasteiger partial charge >= 0.3 is 12.2 Å². The van der Waals surface area contributed by atoms with Gasteiger partial charge in [-0.25, -0.2) is 9.59 Å². The predicted molar refractivity (Wildman–Crippen MR) is 89.1 cm³/mol. The summed E-state index contributed by atoms with van der Waals surface area (Å²) in [4.78, 5) is 60.8. The molecule has 3 aliphatic heterocycles. The van der Waals surface area contributed by atoms with E-state index in [1.54, 1.807) is 0 Å². The molecule has 27 heavy (non-hydrogen) atoms. The highest BCUT2D eigenvalue weighted by molar-refractivity contribution is 8.01. The molecule has 11 nitrogen and oxygen atoms in total. The maximum absolute atomic E-state index is 12.7. The molecule has 12 heteroatoms. The first-order valence-electron chi connectivity index (χ1n) is 8.08. The van der Waals surface area contributed by atoms with Gasteiger partial charge in [-0.1, -0.05) is 0 Å². The van der Waals surface area contributed by atoms with E-state index >= 15 is 0 Å². The second kappa shape index (κ2) is 6.85. The molecule has 2 unspecified atom stereocenters. The number of Topliss-reactive ketones (excluding diaryl/α,β-unsaturated/α-hetero) is 2. The fraction of sp³-hybridized carbons (Fsp3) is 0.533. The Morgan fingerprint density at radius 3 is 2.56 bits per heavy atom. The van der Waals surface area contributed by atoms with Crippen molar-refractivity contribution in [2.45, 2.75) is 41.8 Å². The number of ether oxygens (including phenoxy) is 2. The smallest absolute Gasteiger partial charge is 0.449 e. The average Bonchev–Trinajstić information content (AvgIpc) is 2.60. The number of carbonyl (C=O) groups excluding carboxylic acids is 4. The topological polar surface area (TPSA) is 179 Å². The van der Waals surface area contributed by atoms with Gasteiger partial charge in [0.2, 0.25) is 5.88 Å². The van der Waals surface area contributed by atoms with Crippen molar-refractivity contribution in [3.8, 4) is 0 Å².